The number of amides is 1. The summed E-state index contributed by atoms with van der Waals surface area (Å²) in [5, 5.41) is 7.75. The number of hydrogen-bond donors (Lipinski definition) is 0. The Bertz CT molecular complexity index is 162. The lowest BCUT2D eigenvalue weighted by atomic mass is 10.6. The molecule has 11 heavy (non-hydrogen) atoms. The lowest BCUT2D eigenvalue weighted by Crippen LogP contribution is -2.26. The van der Waals surface area contributed by atoms with Crippen LogP contribution in [0, 0.1) is 11.5 Å². The summed E-state index contributed by atoms with van der Waals surface area (Å²) in [6, 6.07) is 0. The molecule has 0 aromatic rings. The molecule has 0 aromatic carbocycles. The van der Waals surface area contributed by atoms with Crippen LogP contribution in [0.3, 0.4) is 0 Å². The highest BCUT2D eigenvalue weighted by atomic mass is 32.2. The summed E-state index contributed by atoms with van der Waals surface area (Å²) >= 11 is 0.560. The van der Waals surface area contributed by atoms with Crippen molar-refractivity contribution in [3.8, 4) is 6.26 Å². The van der Waals surface area contributed by atoms with Crippen LogP contribution in [0.2, 0.25) is 0 Å². The van der Waals surface area contributed by atoms with Gasteiger partial charge in [0.25, 0.3) is 6.26 Å². The van der Waals surface area contributed by atoms with Crippen molar-refractivity contribution in [3.63, 3.8) is 0 Å². The van der Waals surface area contributed by atoms with Gasteiger partial charge in [0.05, 0.1) is 0 Å². The third-order valence-electron chi connectivity index (χ3n) is 1.17. The third kappa shape index (κ3) is 3.73. The maximum Gasteiger partial charge on any atom is 0.321 e. The zero-order valence-electron chi connectivity index (χ0n) is 6.53. The summed E-state index contributed by atoms with van der Waals surface area (Å²) in [7, 11) is 0. The molecule has 5 heteroatoms. The summed E-state index contributed by atoms with van der Waals surface area (Å²) in [6.45, 7) is 5.01. The molecule has 0 N–H and O–H groups in total. The Labute approximate surface area is 70.3 Å². The maximum atomic E-state index is 11.0. The van der Waals surface area contributed by atoms with Crippen molar-refractivity contribution in [1.29, 1.82) is 5.26 Å². The molecule has 1 amide bonds. The predicted octanol–water partition coefficient (Wildman–Crippen LogP) is 1.59. The van der Waals surface area contributed by atoms with E-state index in [4.69, 9.17) is 5.26 Å². The molecule has 0 atom stereocenters. The third-order valence-corrected chi connectivity index (χ3v) is 1.73. The Balaban J connectivity index is 3.72. The summed E-state index contributed by atoms with van der Waals surface area (Å²) in [5.41, 5.74) is 0. The topological polar surface area (TPSA) is 53.3 Å². The van der Waals surface area contributed by atoms with Crippen molar-refractivity contribution in [1.82, 2.24) is 4.90 Å². The molecule has 0 aliphatic heterocycles. The van der Waals surface area contributed by atoms with Gasteiger partial charge in [-0.25, -0.2) is 0 Å². The molecule has 62 valence electrons. The number of nitriles is 1. The minimum absolute atomic E-state index is 0.225. The van der Waals surface area contributed by atoms with Crippen molar-refractivity contribution in [2.24, 2.45) is 0 Å². The maximum absolute atomic E-state index is 11.0. The van der Waals surface area contributed by atoms with Crippen LogP contribution in [0.5, 0.6) is 0 Å². The Hall–Kier alpha value is -0.890. The van der Waals surface area contributed by atoms with Crippen molar-refractivity contribution in [2.75, 3.05) is 13.1 Å². The van der Waals surface area contributed by atoms with E-state index in [1.54, 1.807) is 4.90 Å². The molecule has 0 unspecified atom stereocenters. The quantitative estimate of drug-likeness (QED) is 0.481. The molecule has 0 bridgehead atoms. The van der Waals surface area contributed by atoms with Gasteiger partial charge >= 0.3 is 5.24 Å². The lowest BCUT2D eigenvalue weighted by Gasteiger charge is -2.15. The second-order valence-corrected chi connectivity index (χ2v) is 2.38. The fourth-order valence-electron chi connectivity index (χ4n) is 0.589. The van der Waals surface area contributed by atoms with E-state index in [-0.39, 0.29) is 5.24 Å². The first-order valence-corrected chi connectivity index (χ1v) is 4.01. The molecular formula is C6H10N2O2S. The molecule has 0 aliphatic rings. The summed E-state index contributed by atoms with van der Waals surface area (Å²) < 4.78 is 4.21. The standard InChI is InChI=1S/C6H10N2O2S/c1-3-8(4-2)6(9)11-10-5-7/h3-4H2,1-2H3. The van der Waals surface area contributed by atoms with E-state index in [0.29, 0.717) is 25.1 Å². The van der Waals surface area contributed by atoms with Gasteiger partial charge in [0.1, 0.15) is 0 Å². The minimum atomic E-state index is -0.225. The van der Waals surface area contributed by atoms with E-state index in [2.05, 4.69) is 4.18 Å². The number of rotatable bonds is 3. The van der Waals surface area contributed by atoms with Crippen LogP contribution in [0.4, 0.5) is 4.79 Å². The summed E-state index contributed by atoms with van der Waals surface area (Å²) in [6.07, 6.45) is 1.42. The van der Waals surface area contributed by atoms with Gasteiger partial charge in [0.15, 0.2) is 12.0 Å². The SMILES string of the molecule is CCN(CC)C(=O)SOC#N. The van der Waals surface area contributed by atoms with Crippen molar-refractivity contribution < 1.29 is 8.98 Å². The molecule has 0 saturated heterocycles. The second-order valence-electron chi connectivity index (χ2n) is 1.70. The zero-order valence-corrected chi connectivity index (χ0v) is 7.35. The van der Waals surface area contributed by atoms with E-state index in [0.717, 1.165) is 0 Å². The predicted molar refractivity (Wildman–Crippen MR) is 42.6 cm³/mol. The number of nitrogens with zero attached hydrogens (tertiary/aromatic N) is 2. The average Bonchev–Trinajstić information content (AvgIpc) is 2.03. The van der Waals surface area contributed by atoms with Gasteiger partial charge in [0.2, 0.25) is 0 Å². The first-order valence-electron chi connectivity index (χ1n) is 3.27. The van der Waals surface area contributed by atoms with Crippen LogP contribution < -0.4 is 0 Å². The molecule has 0 heterocycles. The van der Waals surface area contributed by atoms with Gasteiger partial charge in [-0.1, -0.05) is 0 Å². The number of carbonyl (C=O) groups excluding carboxylic acids is 1. The van der Waals surface area contributed by atoms with Gasteiger partial charge in [-0.3, -0.25) is 4.79 Å². The van der Waals surface area contributed by atoms with E-state index in [9.17, 15) is 4.79 Å². The van der Waals surface area contributed by atoms with E-state index >= 15 is 0 Å². The Morgan fingerprint density at radius 2 is 2.18 bits per heavy atom. The molecule has 0 fully saturated rings. The van der Waals surface area contributed by atoms with E-state index in [1.165, 1.54) is 6.26 Å². The van der Waals surface area contributed by atoms with Crippen LogP contribution >= 0.6 is 12.0 Å². The summed E-state index contributed by atoms with van der Waals surface area (Å²) in [5.74, 6) is 0. The first-order chi connectivity index (χ1) is 5.26. The van der Waals surface area contributed by atoms with Crippen LogP contribution in [0.25, 0.3) is 0 Å². The van der Waals surface area contributed by atoms with E-state index in [1.807, 2.05) is 13.8 Å². The van der Waals surface area contributed by atoms with E-state index < -0.39 is 0 Å². The van der Waals surface area contributed by atoms with Crippen molar-refractivity contribution in [3.05, 3.63) is 0 Å². The molecular weight excluding hydrogens is 164 g/mol. The average molecular weight is 174 g/mol. The van der Waals surface area contributed by atoms with Crippen molar-refractivity contribution in [2.45, 2.75) is 13.8 Å². The second kappa shape index (κ2) is 5.86. The monoisotopic (exact) mass is 174 g/mol. The normalized spacial score (nSPS) is 8.45. The number of hydrogen-bond acceptors (Lipinski definition) is 4. The first kappa shape index (κ1) is 10.1. The van der Waals surface area contributed by atoms with Crippen LogP contribution in [-0.2, 0) is 4.18 Å². The number of carbonyl (C=O) groups is 1. The van der Waals surface area contributed by atoms with Crippen LogP contribution in [0.1, 0.15) is 13.8 Å². The van der Waals surface area contributed by atoms with Crippen molar-refractivity contribution >= 4 is 17.3 Å². The fourth-order valence-corrected chi connectivity index (χ4v) is 1.06. The lowest BCUT2D eigenvalue weighted by molar-refractivity contribution is 0.227. The van der Waals surface area contributed by atoms with Crippen LogP contribution in [0.15, 0.2) is 0 Å². The molecule has 0 radical (unpaired) electrons. The molecule has 0 rings (SSSR count). The fraction of sp³-hybridized carbons (Fsp3) is 0.667. The smallest absolute Gasteiger partial charge is 0.321 e. The Kier molecular flexibility index (Phi) is 5.39. The van der Waals surface area contributed by atoms with Gasteiger partial charge in [-0.2, -0.15) is 0 Å². The summed E-state index contributed by atoms with van der Waals surface area (Å²) in [4.78, 5) is 12.5. The van der Waals surface area contributed by atoms with Gasteiger partial charge in [-0.05, 0) is 13.8 Å². The minimum Gasteiger partial charge on any atom is -0.342 e. The molecule has 4 nitrogen and oxygen atoms in total. The Morgan fingerprint density at radius 3 is 2.55 bits per heavy atom. The van der Waals surface area contributed by atoms with Crippen LogP contribution in [-0.4, -0.2) is 23.2 Å². The molecule has 0 saturated carbocycles. The highest BCUT2D eigenvalue weighted by molar-refractivity contribution is 8.09. The van der Waals surface area contributed by atoms with Gasteiger partial charge in [-0.15, -0.1) is 5.26 Å². The Morgan fingerprint density at radius 1 is 1.64 bits per heavy atom. The molecule has 0 aliphatic carbocycles. The highest BCUT2D eigenvalue weighted by Gasteiger charge is 2.10. The highest BCUT2D eigenvalue weighted by Crippen LogP contribution is 2.08. The molecule has 0 aromatic heterocycles. The largest absolute Gasteiger partial charge is 0.342 e. The van der Waals surface area contributed by atoms with Gasteiger partial charge < -0.3 is 9.08 Å². The van der Waals surface area contributed by atoms with Gasteiger partial charge in [0, 0.05) is 13.1 Å². The zero-order chi connectivity index (χ0) is 8.69. The molecule has 0 spiro atoms.